The van der Waals surface area contributed by atoms with Gasteiger partial charge in [-0.2, -0.15) is 0 Å². The molecule has 4 N–H and O–H groups in total. The first-order valence-electron chi connectivity index (χ1n) is 9.71. The first kappa shape index (κ1) is 17.5. The van der Waals surface area contributed by atoms with E-state index < -0.39 is 0 Å². The minimum atomic E-state index is -0.0670. The second kappa shape index (κ2) is 7.04. The van der Waals surface area contributed by atoms with Crippen molar-refractivity contribution in [2.75, 3.05) is 37.7 Å². The predicted octanol–water partition coefficient (Wildman–Crippen LogP) is 1.41. The van der Waals surface area contributed by atoms with Gasteiger partial charge < -0.3 is 21.1 Å². The highest BCUT2D eigenvalue weighted by Gasteiger charge is 2.53. The number of hydrogen-bond donors (Lipinski definition) is 3. The summed E-state index contributed by atoms with van der Waals surface area (Å²) in [6, 6.07) is 1.89. The summed E-state index contributed by atoms with van der Waals surface area (Å²) in [5, 5.41) is 6.22. The minimum absolute atomic E-state index is 0.0521. The molecule has 1 unspecified atom stereocenters. The number of nitrogens with two attached hydrogens (primary N) is 1. The summed E-state index contributed by atoms with van der Waals surface area (Å²) in [6.07, 6.45) is 6.20. The van der Waals surface area contributed by atoms with Gasteiger partial charge >= 0.3 is 6.03 Å². The SMILES string of the molecule is Cc1cc(N2CCNC2=O)cnc1OCCC1(N)C[C@@H]1C1CCNCC1. The predicted molar refractivity (Wildman–Crippen MR) is 100 cm³/mol. The van der Waals surface area contributed by atoms with E-state index in [1.807, 2.05) is 13.0 Å². The van der Waals surface area contributed by atoms with Crippen LogP contribution in [0.2, 0.25) is 0 Å². The molecule has 1 aliphatic carbocycles. The molecule has 7 nitrogen and oxygen atoms in total. The second-order valence-electron chi connectivity index (χ2n) is 7.93. The molecule has 3 aliphatic rings. The zero-order valence-corrected chi connectivity index (χ0v) is 15.5. The lowest BCUT2D eigenvalue weighted by atomic mass is 9.90. The highest BCUT2D eigenvalue weighted by Crippen LogP contribution is 2.51. The second-order valence-corrected chi connectivity index (χ2v) is 7.93. The average Bonchev–Trinajstić information content (AvgIpc) is 3.12. The van der Waals surface area contributed by atoms with E-state index in [1.54, 1.807) is 11.1 Å². The Bertz CT molecular complexity index is 676. The van der Waals surface area contributed by atoms with Crippen LogP contribution in [0.15, 0.2) is 12.3 Å². The quantitative estimate of drug-likeness (QED) is 0.714. The van der Waals surface area contributed by atoms with Crippen molar-refractivity contribution in [1.29, 1.82) is 0 Å². The van der Waals surface area contributed by atoms with E-state index in [4.69, 9.17) is 10.5 Å². The van der Waals surface area contributed by atoms with Gasteiger partial charge in [0, 0.05) is 24.2 Å². The Kier molecular flexibility index (Phi) is 4.75. The van der Waals surface area contributed by atoms with Gasteiger partial charge in [0.25, 0.3) is 0 Å². The molecule has 1 saturated carbocycles. The zero-order chi connectivity index (χ0) is 18.1. The molecular weight excluding hydrogens is 330 g/mol. The largest absolute Gasteiger partial charge is 0.477 e. The summed E-state index contributed by atoms with van der Waals surface area (Å²) in [4.78, 5) is 17.9. The Morgan fingerprint density at radius 2 is 2.19 bits per heavy atom. The van der Waals surface area contributed by atoms with Gasteiger partial charge in [-0.25, -0.2) is 9.78 Å². The van der Waals surface area contributed by atoms with Crippen molar-refractivity contribution < 1.29 is 9.53 Å². The van der Waals surface area contributed by atoms with E-state index in [-0.39, 0.29) is 11.6 Å². The van der Waals surface area contributed by atoms with Crippen LogP contribution in [-0.4, -0.2) is 49.3 Å². The average molecular weight is 359 g/mol. The fraction of sp³-hybridized carbons (Fsp3) is 0.684. The Morgan fingerprint density at radius 1 is 1.38 bits per heavy atom. The van der Waals surface area contributed by atoms with Crippen LogP contribution in [0.4, 0.5) is 10.5 Å². The molecule has 2 aliphatic heterocycles. The van der Waals surface area contributed by atoms with Crippen LogP contribution in [0.25, 0.3) is 0 Å². The first-order chi connectivity index (χ1) is 12.6. The maximum atomic E-state index is 11.8. The topological polar surface area (TPSA) is 92.5 Å². The van der Waals surface area contributed by atoms with Crippen LogP contribution in [-0.2, 0) is 0 Å². The third kappa shape index (κ3) is 3.50. The summed E-state index contributed by atoms with van der Waals surface area (Å²) in [5.74, 6) is 2.06. The Morgan fingerprint density at radius 3 is 2.88 bits per heavy atom. The lowest BCUT2D eigenvalue weighted by Gasteiger charge is -2.25. The van der Waals surface area contributed by atoms with Crippen molar-refractivity contribution in [3.05, 3.63) is 17.8 Å². The van der Waals surface area contributed by atoms with Gasteiger partial charge in [0.15, 0.2) is 0 Å². The molecule has 7 heteroatoms. The van der Waals surface area contributed by atoms with Gasteiger partial charge in [0.2, 0.25) is 5.88 Å². The number of hydrogen-bond acceptors (Lipinski definition) is 5. The van der Waals surface area contributed by atoms with Crippen LogP contribution in [0.1, 0.15) is 31.2 Å². The molecule has 0 radical (unpaired) electrons. The third-order valence-corrected chi connectivity index (χ3v) is 6.12. The van der Waals surface area contributed by atoms with E-state index >= 15 is 0 Å². The molecule has 3 heterocycles. The molecule has 142 valence electrons. The lowest BCUT2D eigenvalue weighted by molar-refractivity contribution is 0.251. The molecule has 1 aromatic heterocycles. The first-order valence-corrected chi connectivity index (χ1v) is 9.71. The molecule has 1 aromatic rings. The highest BCUT2D eigenvalue weighted by molar-refractivity contribution is 5.93. The van der Waals surface area contributed by atoms with Crippen molar-refractivity contribution >= 4 is 11.7 Å². The smallest absolute Gasteiger partial charge is 0.322 e. The molecule has 0 bridgehead atoms. The molecule has 2 amide bonds. The molecule has 3 fully saturated rings. The molecular formula is C19H29N5O2. The fourth-order valence-electron chi connectivity index (χ4n) is 4.42. The summed E-state index contributed by atoms with van der Waals surface area (Å²) in [5.41, 5.74) is 8.28. The van der Waals surface area contributed by atoms with Crippen LogP contribution in [0.5, 0.6) is 5.88 Å². The summed E-state index contributed by atoms with van der Waals surface area (Å²) in [6.45, 7) is 6.15. The van der Waals surface area contributed by atoms with Gasteiger partial charge in [0.1, 0.15) is 0 Å². The number of amides is 2. The number of aryl methyl sites for hydroxylation is 1. The van der Waals surface area contributed by atoms with E-state index in [1.165, 1.54) is 12.8 Å². The number of rotatable bonds is 6. The van der Waals surface area contributed by atoms with E-state index in [2.05, 4.69) is 15.6 Å². The Hall–Kier alpha value is -1.86. The van der Waals surface area contributed by atoms with Crippen LogP contribution in [0, 0.1) is 18.8 Å². The highest BCUT2D eigenvalue weighted by atomic mass is 16.5. The number of pyridine rings is 1. The maximum absolute atomic E-state index is 11.8. The number of piperidine rings is 1. The molecule has 0 aromatic carbocycles. The molecule has 2 saturated heterocycles. The number of aromatic nitrogens is 1. The fourth-order valence-corrected chi connectivity index (χ4v) is 4.42. The summed E-state index contributed by atoms with van der Waals surface area (Å²) >= 11 is 0. The van der Waals surface area contributed by atoms with Crippen LogP contribution >= 0.6 is 0 Å². The van der Waals surface area contributed by atoms with Crippen LogP contribution < -0.4 is 26.0 Å². The van der Waals surface area contributed by atoms with E-state index in [0.717, 1.165) is 43.1 Å². The number of nitrogens with one attached hydrogen (secondary N) is 2. The number of ether oxygens (including phenoxy) is 1. The standard InChI is InChI=1S/C19H29N5O2/c1-13-10-15(24-8-7-22-18(24)25)12-23-17(13)26-9-4-19(20)11-16(19)14-2-5-21-6-3-14/h10,12,14,16,21H,2-9,11,20H2,1H3,(H,22,25)/t16-,19?/m1/s1. The number of carbonyl (C=O) groups excluding carboxylic acids is 1. The van der Waals surface area contributed by atoms with Gasteiger partial charge in [0.05, 0.1) is 18.5 Å². The van der Waals surface area contributed by atoms with E-state index in [9.17, 15) is 4.79 Å². The van der Waals surface area contributed by atoms with Crippen molar-refractivity contribution in [2.45, 2.75) is 38.1 Å². The van der Waals surface area contributed by atoms with E-state index in [0.29, 0.717) is 31.5 Å². The number of anilines is 1. The van der Waals surface area contributed by atoms with Crippen LogP contribution in [0.3, 0.4) is 0 Å². The van der Waals surface area contributed by atoms with Gasteiger partial charge in [-0.1, -0.05) is 0 Å². The van der Waals surface area contributed by atoms with Gasteiger partial charge in [-0.3, -0.25) is 4.90 Å². The molecule has 4 rings (SSSR count). The van der Waals surface area contributed by atoms with Crippen molar-refractivity contribution in [3.8, 4) is 5.88 Å². The van der Waals surface area contributed by atoms with Gasteiger partial charge in [-0.05, 0) is 63.6 Å². The monoisotopic (exact) mass is 359 g/mol. The lowest BCUT2D eigenvalue weighted by Crippen LogP contribution is -2.34. The molecule has 0 spiro atoms. The number of carbonyl (C=O) groups is 1. The Labute approximate surface area is 154 Å². The van der Waals surface area contributed by atoms with Gasteiger partial charge in [-0.15, -0.1) is 0 Å². The molecule has 26 heavy (non-hydrogen) atoms. The summed E-state index contributed by atoms with van der Waals surface area (Å²) < 4.78 is 5.91. The normalized spacial score (nSPS) is 28.9. The van der Waals surface area contributed by atoms with Crippen molar-refractivity contribution in [1.82, 2.24) is 15.6 Å². The molecule has 2 atom stereocenters. The van der Waals surface area contributed by atoms with Crippen molar-refractivity contribution in [2.24, 2.45) is 17.6 Å². The Balaban J connectivity index is 1.29. The number of nitrogens with zero attached hydrogens (tertiary/aromatic N) is 2. The number of urea groups is 1. The third-order valence-electron chi connectivity index (χ3n) is 6.12. The maximum Gasteiger partial charge on any atom is 0.322 e. The zero-order valence-electron chi connectivity index (χ0n) is 15.5. The van der Waals surface area contributed by atoms with Crippen molar-refractivity contribution in [3.63, 3.8) is 0 Å². The summed E-state index contributed by atoms with van der Waals surface area (Å²) in [7, 11) is 0. The minimum Gasteiger partial charge on any atom is -0.477 e.